The van der Waals surface area contributed by atoms with Gasteiger partial charge in [-0.25, -0.2) is 9.97 Å². The molecule has 0 spiro atoms. The fourth-order valence-electron chi connectivity index (χ4n) is 3.25. The molecule has 2 saturated heterocycles. The maximum absolute atomic E-state index is 12.5. The van der Waals surface area contributed by atoms with E-state index in [1.165, 1.54) is 0 Å². The molecule has 23 heavy (non-hydrogen) atoms. The summed E-state index contributed by atoms with van der Waals surface area (Å²) in [5.74, 6) is 0.887. The lowest BCUT2D eigenvalue weighted by atomic mass is 10.1. The molecule has 2 aliphatic heterocycles. The summed E-state index contributed by atoms with van der Waals surface area (Å²) in [5, 5.41) is 2.00. The van der Waals surface area contributed by atoms with Crippen LogP contribution in [0, 0.1) is 0 Å². The fraction of sp³-hybridized carbons (Fsp3) is 0.438. The van der Waals surface area contributed by atoms with E-state index in [-0.39, 0.29) is 18.1 Å². The Morgan fingerprint density at radius 2 is 2.17 bits per heavy atom. The van der Waals surface area contributed by atoms with Gasteiger partial charge in [0, 0.05) is 36.9 Å². The molecule has 1 amide bonds. The highest BCUT2D eigenvalue weighted by atomic mass is 32.1. The zero-order chi connectivity index (χ0) is 15.6. The van der Waals surface area contributed by atoms with E-state index in [1.54, 1.807) is 23.7 Å². The number of ether oxygens (including phenoxy) is 1. The van der Waals surface area contributed by atoms with Crippen molar-refractivity contribution in [2.45, 2.75) is 18.6 Å². The Morgan fingerprint density at radius 3 is 2.96 bits per heavy atom. The molecule has 0 aliphatic carbocycles. The average molecular weight is 330 g/mol. The summed E-state index contributed by atoms with van der Waals surface area (Å²) in [6.45, 7) is 2.73. The van der Waals surface area contributed by atoms with E-state index in [1.807, 2.05) is 28.5 Å². The van der Waals surface area contributed by atoms with Crippen LogP contribution in [-0.4, -0.2) is 59.2 Å². The van der Waals surface area contributed by atoms with Gasteiger partial charge in [-0.2, -0.15) is 0 Å². The van der Waals surface area contributed by atoms with E-state index in [0.29, 0.717) is 26.1 Å². The minimum Gasteiger partial charge on any atom is -0.372 e. The van der Waals surface area contributed by atoms with Crippen LogP contribution in [-0.2, 0) is 16.0 Å². The van der Waals surface area contributed by atoms with Gasteiger partial charge in [-0.3, -0.25) is 4.79 Å². The number of nitrogens with zero attached hydrogens (tertiary/aromatic N) is 4. The van der Waals surface area contributed by atoms with Crippen molar-refractivity contribution in [3.05, 3.63) is 40.8 Å². The maximum atomic E-state index is 12.5. The van der Waals surface area contributed by atoms with Crippen LogP contribution in [0.2, 0.25) is 0 Å². The van der Waals surface area contributed by atoms with Crippen LogP contribution in [0.1, 0.15) is 4.88 Å². The minimum absolute atomic E-state index is 0.0415. The van der Waals surface area contributed by atoms with E-state index < -0.39 is 0 Å². The summed E-state index contributed by atoms with van der Waals surface area (Å²) in [5.41, 5.74) is 0. The fourth-order valence-corrected chi connectivity index (χ4v) is 3.95. The molecule has 0 saturated carbocycles. The Bertz CT molecular complexity index is 664. The van der Waals surface area contributed by atoms with Crippen molar-refractivity contribution in [3.8, 4) is 0 Å². The number of anilines is 1. The molecular weight excluding hydrogens is 312 g/mol. The SMILES string of the molecule is O=C(Cc1cccs1)N1C[C@@H]2OCCN(c3ncccn3)[C@@H]2C1. The predicted molar refractivity (Wildman–Crippen MR) is 87.5 cm³/mol. The molecule has 2 atom stereocenters. The number of amides is 1. The van der Waals surface area contributed by atoms with Crippen molar-refractivity contribution in [2.75, 3.05) is 31.1 Å². The van der Waals surface area contributed by atoms with Crippen LogP contribution in [0.25, 0.3) is 0 Å². The number of likely N-dealkylation sites (tertiary alicyclic amines) is 1. The second-order valence-electron chi connectivity index (χ2n) is 5.77. The first kappa shape index (κ1) is 14.6. The second kappa shape index (κ2) is 6.25. The third-order valence-corrected chi connectivity index (χ3v) is 5.25. The summed E-state index contributed by atoms with van der Waals surface area (Å²) in [6.07, 6.45) is 4.02. The van der Waals surface area contributed by atoms with Gasteiger partial charge in [-0.15, -0.1) is 11.3 Å². The standard InChI is InChI=1S/C16H18N4O2S/c21-15(9-12-3-1-8-23-12)19-10-13-14(11-19)22-7-6-20(13)16-17-4-2-5-18-16/h1-5,8,13-14H,6-7,9-11H2/t13-,14+/m1/s1. The Balaban J connectivity index is 1.47. The normalized spacial score (nSPS) is 23.8. The highest BCUT2D eigenvalue weighted by Gasteiger charge is 2.42. The second-order valence-corrected chi connectivity index (χ2v) is 6.81. The molecule has 120 valence electrons. The molecule has 0 unspecified atom stereocenters. The third kappa shape index (κ3) is 2.94. The lowest BCUT2D eigenvalue weighted by Crippen LogP contribution is -2.51. The van der Waals surface area contributed by atoms with E-state index in [4.69, 9.17) is 4.74 Å². The summed E-state index contributed by atoms with van der Waals surface area (Å²) in [6, 6.07) is 5.94. The lowest BCUT2D eigenvalue weighted by molar-refractivity contribution is -0.129. The van der Waals surface area contributed by atoms with Crippen molar-refractivity contribution in [1.29, 1.82) is 0 Å². The first-order valence-electron chi connectivity index (χ1n) is 7.76. The smallest absolute Gasteiger partial charge is 0.227 e. The maximum Gasteiger partial charge on any atom is 0.227 e. The number of morpholine rings is 1. The van der Waals surface area contributed by atoms with Crippen molar-refractivity contribution >= 4 is 23.2 Å². The minimum atomic E-state index is 0.0415. The van der Waals surface area contributed by atoms with Crippen LogP contribution in [0.3, 0.4) is 0 Å². The number of rotatable bonds is 3. The molecular formula is C16H18N4O2S. The number of carbonyl (C=O) groups excluding carboxylic acids is 1. The lowest BCUT2D eigenvalue weighted by Gasteiger charge is -2.36. The number of fused-ring (bicyclic) bond motifs is 1. The van der Waals surface area contributed by atoms with Gasteiger partial charge in [-0.05, 0) is 17.5 Å². The van der Waals surface area contributed by atoms with Crippen LogP contribution in [0.4, 0.5) is 5.95 Å². The van der Waals surface area contributed by atoms with Crippen molar-refractivity contribution in [3.63, 3.8) is 0 Å². The molecule has 2 aromatic rings. The van der Waals surface area contributed by atoms with Gasteiger partial charge >= 0.3 is 0 Å². The van der Waals surface area contributed by atoms with E-state index in [9.17, 15) is 4.79 Å². The number of carbonyl (C=O) groups is 1. The summed E-state index contributed by atoms with van der Waals surface area (Å²) in [7, 11) is 0. The van der Waals surface area contributed by atoms with Gasteiger partial charge in [-0.1, -0.05) is 6.07 Å². The van der Waals surface area contributed by atoms with Gasteiger partial charge in [0.1, 0.15) is 0 Å². The van der Waals surface area contributed by atoms with Crippen LogP contribution in [0.15, 0.2) is 36.0 Å². The Morgan fingerprint density at radius 1 is 1.30 bits per heavy atom. The van der Waals surface area contributed by atoms with Crippen LogP contribution >= 0.6 is 11.3 Å². The van der Waals surface area contributed by atoms with Gasteiger partial charge in [0.25, 0.3) is 0 Å². The van der Waals surface area contributed by atoms with Crippen molar-refractivity contribution < 1.29 is 9.53 Å². The van der Waals surface area contributed by atoms with E-state index in [2.05, 4.69) is 14.9 Å². The zero-order valence-corrected chi connectivity index (χ0v) is 13.5. The largest absolute Gasteiger partial charge is 0.372 e. The van der Waals surface area contributed by atoms with Gasteiger partial charge in [0.2, 0.25) is 11.9 Å². The molecule has 0 aromatic carbocycles. The molecule has 0 bridgehead atoms. The molecule has 0 radical (unpaired) electrons. The molecule has 7 heteroatoms. The Labute approximate surface area is 138 Å². The first-order chi connectivity index (χ1) is 11.3. The summed E-state index contributed by atoms with van der Waals surface area (Å²) in [4.78, 5) is 26.4. The van der Waals surface area contributed by atoms with E-state index >= 15 is 0 Å². The highest BCUT2D eigenvalue weighted by molar-refractivity contribution is 7.10. The molecule has 2 aromatic heterocycles. The monoisotopic (exact) mass is 330 g/mol. The highest BCUT2D eigenvalue weighted by Crippen LogP contribution is 2.26. The summed E-state index contributed by atoms with van der Waals surface area (Å²) < 4.78 is 5.88. The molecule has 6 nitrogen and oxygen atoms in total. The van der Waals surface area contributed by atoms with Gasteiger partial charge < -0.3 is 14.5 Å². The third-order valence-electron chi connectivity index (χ3n) is 4.37. The number of hydrogen-bond donors (Lipinski definition) is 0. The summed E-state index contributed by atoms with van der Waals surface area (Å²) >= 11 is 1.62. The Hall–Kier alpha value is -1.99. The zero-order valence-electron chi connectivity index (χ0n) is 12.7. The molecule has 0 N–H and O–H groups in total. The molecule has 2 fully saturated rings. The number of aromatic nitrogens is 2. The van der Waals surface area contributed by atoms with Gasteiger partial charge in [0.05, 0.1) is 25.2 Å². The predicted octanol–water partition coefficient (Wildman–Crippen LogP) is 1.20. The average Bonchev–Trinajstić information content (AvgIpc) is 3.24. The molecule has 4 heterocycles. The number of hydrogen-bond acceptors (Lipinski definition) is 6. The Kier molecular flexibility index (Phi) is 3.97. The first-order valence-corrected chi connectivity index (χ1v) is 8.64. The number of thiophene rings is 1. The molecule has 2 aliphatic rings. The van der Waals surface area contributed by atoms with E-state index in [0.717, 1.165) is 17.4 Å². The van der Waals surface area contributed by atoms with Crippen molar-refractivity contribution in [2.24, 2.45) is 0 Å². The molecule has 4 rings (SSSR count). The van der Waals surface area contributed by atoms with Crippen LogP contribution in [0.5, 0.6) is 0 Å². The van der Waals surface area contributed by atoms with Gasteiger partial charge in [0.15, 0.2) is 0 Å². The quantitative estimate of drug-likeness (QED) is 0.846. The van der Waals surface area contributed by atoms with Crippen LogP contribution < -0.4 is 4.90 Å². The topological polar surface area (TPSA) is 58.6 Å². The van der Waals surface area contributed by atoms with Crippen molar-refractivity contribution in [1.82, 2.24) is 14.9 Å².